The molecule has 0 atom stereocenters. The van der Waals surface area contributed by atoms with Crippen LogP contribution in [0.15, 0.2) is 61.3 Å². The predicted octanol–water partition coefficient (Wildman–Crippen LogP) is 5.13. The van der Waals surface area contributed by atoms with Crippen LogP contribution in [0.25, 0.3) is 33.2 Å². The maximum absolute atomic E-state index is 13.5. The van der Waals surface area contributed by atoms with E-state index in [1.165, 1.54) is 0 Å². The van der Waals surface area contributed by atoms with Gasteiger partial charge >= 0.3 is 0 Å². The van der Waals surface area contributed by atoms with E-state index in [2.05, 4.69) is 35.6 Å². The lowest BCUT2D eigenvalue weighted by Crippen LogP contribution is -2.22. The Bertz CT molecular complexity index is 2050. The molecule has 0 saturated heterocycles. The molecule has 0 radical (unpaired) electrons. The van der Waals surface area contributed by atoms with Crippen LogP contribution in [-0.4, -0.2) is 82.4 Å². The van der Waals surface area contributed by atoms with Crippen LogP contribution in [0.2, 0.25) is 0 Å². The highest BCUT2D eigenvalue weighted by molar-refractivity contribution is 7.71. The first-order valence-corrected chi connectivity index (χ1v) is 16.9. The summed E-state index contributed by atoms with van der Waals surface area (Å²) in [4.78, 5) is 23.8. The standard InChI is InChI=1S/C31H35N10O3P/c1-40(13-14-43-3)25-16-26(44-4)24(15-21(25)19-17-35-41(2)18-19)37-31-38-29-20(9-10-34-29)30(39-31)36-23-8-7-22-27(33-12-11-32-22)28(23)45(5,6)42/h7-12,15-18H,13-14H2,1-6H3,(H3,34,36,37,38,39). The van der Waals surface area contributed by atoms with Crippen LogP contribution in [0.5, 0.6) is 5.75 Å². The summed E-state index contributed by atoms with van der Waals surface area (Å²) in [5.74, 6) is 1.48. The molecule has 6 aromatic rings. The number of hydrogen-bond acceptors (Lipinski definition) is 11. The summed E-state index contributed by atoms with van der Waals surface area (Å²) in [6.07, 6.45) is 8.83. The van der Waals surface area contributed by atoms with Gasteiger partial charge in [0.15, 0.2) is 0 Å². The zero-order valence-corrected chi connectivity index (χ0v) is 26.9. The van der Waals surface area contributed by atoms with Crippen molar-refractivity contribution in [3.8, 4) is 16.9 Å². The largest absolute Gasteiger partial charge is 0.494 e. The molecule has 0 aliphatic heterocycles. The van der Waals surface area contributed by atoms with E-state index in [1.54, 1.807) is 50.8 Å². The van der Waals surface area contributed by atoms with Gasteiger partial charge in [-0.3, -0.25) is 14.6 Å². The molecule has 0 aliphatic carbocycles. The molecule has 4 aromatic heterocycles. The summed E-state index contributed by atoms with van der Waals surface area (Å²) in [7, 11) is 4.43. The Morgan fingerprint density at radius 2 is 1.87 bits per heavy atom. The van der Waals surface area contributed by atoms with Crippen molar-refractivity contribution in [2.45, 2.75) is 0 Å². The molecule has 14 heteroatoms. The number of benzene rings is 2. The molecule has 4 heterocycles. The molecular formula is C31H35N10O3P. The Kier molecular flexibility index (Phi) is 8.13. The van der Waals surface area contributed by atoms with Crippen LogP contribution in [-0.2, 0) is 16.3 Å². The summed E-state index contributed by atoms with van der Waals surface area (Å²) in [5, 5.41) is 12.6. The first-order valence-electron chi connectivity index (χ1n) is 14.3. The highest BCUT2D eigenvalue weighted by atomic mass is 31.2. The van der Waals surface area contributed by atoms with E-state index in [1.807, 2.05) is 56.8 Å². The van der Waals surface area contributed by atoms with E-state index in [4.69, 9.17) is 19.4 Å². The van der Waals surface area contributed by atoms with E-state index in [0.717, 1.165) is 22.2 Å². The van der Waals surface area contributed by atoms with Crippen molar-refractivity contribution in [2.24, 2.45) is 7.05 Å². The van der Waals surface area contributed by atoms with Gasteiger partial charge in [0.25, 0.3) is 0 Å². The number of hydrogen-bond donors (Lipinski definition) is 3. The fourth-order valence-electron chi connectivity index (χ4n) is 5.30. The Morgan fingerprint density at radius 3 is 2.60 bits per heavy atom. The van der Waals surface area contributed by atoms with Crippen LogP contribution in [0, 0.1) is 0 Å². The van der Waals surface area contributed by atoms with Crippen molar-refractivity contribution in [3.05, 3.63) is 61.3 Å². The highest BCUT2D eigenvalue weighted by Crippen LogP contribution is 2.42. The number of rotatable bonds is 11. The number of ether oxygens (including phenoxy) is 2. The van der Waals surface area contributed by atoms with E-state index in [9.17, 15) is 4.57 Å². The molecule has 45 heavy (non-hydrogen) atoms. The third kappa shape index (κ3) is 6.04. The van der Waals surface area contributed by atoms with Crippen molar-refractivity contribution < 1.29 is 14.0 Å². The van der Waals surface area contributed by atoms with Crippen LogP contribution < -0.4 is 25.6 Å². The smallest absolute Gasteiger partial charge is 0.231 e. The van der Waals surface area contributed by atoms with Crippen molar-refractivity contribution in [3.63, 3.8) is 0 Å². The number of fused-ring (bicyclic) bond motifs is 2. The number of nitrogens with one attached hydrogen (secondary N) is 3. The molecule has 0 saturated carbocycles. The molecule has 6 rings (SSSR count). The zero-order valence-electron chi connectivity index (χ0n) is 26.0. The lowest BCUT2D eigenvalue weighted by molar-refractivity contribution is 0.206. The number of likely N-dealkylation sites (N-methyl/N-ethyl adjacent to an activating group) is 1. The number of nitrogens with zero attached hydrogens (tertiary/aromatic N) is 7. The molecule has 0 bridgehead atoms. The number of H-pyrrole nitrogens is 1. The number of aryl methyl sites for hydroxylation is 1. The van der Waals surface area contributed by atoms with Crippen LogP contribution in [0.3, 0.4) is 0 Å². The van der Waals surface area contributed by atoms with Crippen molar-refractivity contribution in [1.82, 2.24) is 34.7 Å². The summed E-state index contributed by atoms with van der Waals surface area (Å²) < 4.78 is 26.5. The molecule has 2 aromatic carbocycles. The van der Waals surface area contributed by atoms with E-state index in [0.29, 0.717) is 64.0 Å². The Balaban J connectivity index is 1.44. The Morgan fingerprint density at radius 1 is 1.04 bits per heavy atom. The summed E-state index contributed by atoms with van der Waals surface area (Å²) >= 11 is 0. The lowest BCUT2D eigenvalue weighted by atomic mass is 10.0. The minimum atomic E-state index is -2.78. The monoisotopic (exact) mass is 626 g/mol. The topological polar surface area (TPSA) is 148 Å². The average Bonchev–Trinajstić information content (AvgIpc) is 3.68. The van der Waals surface area contributed by atoms with Gasteiger partial charge in [-0.15, -0.1) is 0 Å². The van der Waals surface area contributed by atoms with Crippen molar-refractivity contribution in [2.75, 3.05) is 63.3 Å². The van der Waals surface area contributed by atoms with Crippen LogP contribution in [0.4, 0.5) is 28.8 Å². The predicted molar refractivity (Wildman–Crippen MR) is 179 cm³/mol. The highest BCUT2D eigenvalue weighted by Gasteiger charge is 2.23. The van der Waals surface area contributed by atoms with Gasteiger partial charge in [-0.05, 0) is 37.6 Å². The quantitative estimate of drug-likeness (QED) is 0.164. The minimum absolute atomic E-state index is 0.335. The van der Waals surface area contributed by atoms with E-state index < -0.39 is 7.14 Å². The molecular weight excluding hydrogens is 591 g/mol. The number of aromatic nitrogens is 7. The Labute approximate surface area is 260 Å². The zero-order chi connectivity index (χ0) is 31.7. The summed E-state index contributed by atoms with van der Waals surface area (Å²) in [6, 6.07) is 9.60. The van der Waals surface area contributed by atoms with E-state index in [-0.39, 0.29) is 0 Å². The van der Waals surface area contributed by atoms with Gasteiger partial charge in [0.2, 0.25) is 5.95 Å². The molecule has 3 N–H and O–H groups in total. The minimum Gasteiger partial charge on any atom is -0.494 e. The molecule has 0 fully saturated rings. The second-order valence-electron chi connectivity index (χ2n) is 11.0. The molecule has 13 nitrogen and oxygen atoms in total. The average molecular weight is 627 g/mol. The lowest BCUT2D eigenvalue weighted by Gasteiger charge is -2.24. The summed E-state index contributed by atoms with van der Waals surface area (Å²) in [5.41, 5.74) is 6.06. The molecule has 0 unspecified atom stereocenters. The van der Waals surface area contributed by atoms with Crippen LogP contribution in [0.1, 0.15) is 0 Å². The van der Waals surface area contributed by atoms with Gasteiger partial charge in [-0.1, -0.05) is 0 Å². The third-order valence-electron chi connectivity index (χ3n) is 7.44. The van der Waals surface area contributed by atoms with Crippen molar-refractivity contribution >= 4 is 63.3 Å². The normalized spacial score (nSPS) is 11.7. The first kappa shape index (κ1) is 30.0. The van der Waals surface area contributed by atoms with Gasteiger partial charge in [-0.25, -0.2) is 0 Å². The summed E-state index contributed by atoms with van der Waals surface area (Å²) in [6.45, 7) is 4.71. The number of anilines is 5. The Hall–Kier alpha value is -5.00. The maximum Gasteiger partial charge on any atom is 0.231 e. The third-order valence-corrected chi connectivity index (χ3v) is 8.97. The van der Waals surface area contributed by atoms with Crippen LogP contribution >= 0.6 is 7.14 Å². The second-order valence-corrected chi connectivity index (χ2v) is 14.2. The number of aromatic amines is 1. The van der Waals surface area contributed by atoms with Gasteiger partial charge in [-0.2, -0.15) is 15.1 Å². The number of methoxy groups -OCH3 is 2. The fraction of sp³-hybridized carbons (Fsp3) is 0.258. The van der Waals surface area contributed by atoms with Gasteiger partial charge < -0.3 is 34.6 Å². The molecule has 0 spiro atoms. The van der Waals surface area contributed by atoms with Gasteiger partial charge in [0.05, 0.1) is 47.5 Å². The van der Waals surface area contributed by atoms with Gasteiger partial charge in [0.1, 0.15) is 29.9 Å². The fourth-order valence-corrected chi connectivity index (χ4v) is 6.69. The SMILES string of the molecule is COCCN(C)c1cc(OC)c(Nc2nc(Nc3ccc4nccnc4c3P(C)(C)=O)c3cc[nH]c3n2)cc1-c1cnn(C)c1. The van der Waals surface area contributed by atoms with E-state index >= 15 is 0 Å². The molecule has 0 aliphatic rings. The second kappa shape index (κ2) is 12.2. The van der Waals surface area contributed by atoms with Gasteiger partial charge in [0, 0.05) is 75.4 Å². The molecule has 232 valence electrons. The molecule has 0 amide bonds. The van der Waals surface area contributed by atoms with Crippen molar-refractivity contribution in [1.29, 1.82) is 0 Å². The maximum atomic E-state index is 13.5. The first-order chi connectivity index (χ1) is 21.7.